The predicted octanol–water partition coefficient (Wildman–Crippen LogP) is 1.62. The van der Waals surface area contributed by atoms with Crippen LogP contribution in [0.4, 0.5) is 0 Å². The summed E-state index contributed by atoms with van der Waals surface area (Å²) in [6.07, 6.45) is 0. The SMILES string of the molecule is COc1ccc(CN(C)Cn2nc(C)c(S(=O)(=O)N3CCOCC3)c2C)cc1. The molecule has 1 aromatic heterocycles. The topological polar surface area (TPSA) is 76.9 Å². The van der Waals surface area contributed by atoms with Gasteiger partial charge in [-0.05, 0) is 38.6 Å². The van der Waals surface area contributed by atoms with E-state index in [1.54, 1.807) is 18.7 Å². The molecule has 3 rings (SSSR count). The average Bonchev–Trinajstić information content (AvgIpc) is 2.96. The molecule has 9 heteroatoms. The molecule has 0 amide bonds. The van der Waals surface area contributed by atoms with Crippen LogP contribution in [-0.2, 0) is 28.0 Å². The number of hydrogen-bond donors (Lipinski definition) is 0. The molecular formula is C19H28N4O4S. The number of benzene rings is 1. The molecule has 0 unspecified atom stereocenters. The fourth-order valence-electron chi connectivity index (χ4n) is 3.43. The minimum Gasteiger partial charge on any atom is -0.497 e. The fourth-order valence-corrected chi connectivity index (χ4v) is 5.21. The molecule has 0 atom stereocenters. The van der Waals surface area contributed by atoms with Gasteiger partial charge in [0.2, 0.25) is 10.0 Å². The van der Waals surface area contributed by atoms with E-state index in [9.17, 15) is 8.42 Å². The second-order valence-electron chi connectivity index (χ2n) is 7.02. The van der Waals surface area contributed by atoms with Gasteiger partial charge in [0, 0.05) is 19.6 Å². The van der Waals surface area contributed by atoms with E-state index in [-0.39, 0.29) is 0 Å². The van der Waals surface area contributed by atoms with Gasteiger partial charge in [0.1, 0.15) is 10.6 Å². The minimum absolute atomic E-state index is 0.312. The monoisotopic (exact) mass is 408 g/mol. The zero-order valence-corrected chi connectivity index (χ0v) is 17.7. The van der Waals surface area contributed by atoms with Crippen LogP contribution in [0.2, 0.25) is 0 Å². The molecule has 28 heavy (non-hydrogen) atoms. The summed E-state index contributed by atoms with van der Waals surface area (Å²) in [5.41, 5.74) is 2.33. The second kappa shape index (κ2) is 8.60. The summed E-state index contributed by atoms with van der Waals surface area (Å²) in [6.45, 7) is 6.39. The van der Waals surface area contributed by atoms with Gasteiger partial charge in [-0.1, -0.05) is 12.1 Å². The van der Waals surface area contributed by atoms with Crippen LogP contribution in [0.3, 0.4) is 0 Å². The Bertz CT molecular complexity index is 903. The molecule has 2 heterocycles. The zero-order chi connectivity index (χ0) is 20.3. The average molecular weight is 409 g/mol. The van der Waals surface area contributed by atoms with Crippen molar-refractivity contribution in [2.75, 3.05) is 40.5 Å². The number of morpholine rings is 1. The molecule has 1 saturated heterocycles. The van der Waals surface area contributed by atoms with Gasteiger partial charge in [-0.2, -0.15) is 9.40 Å². The molecule has 154 valence electrons. The van der Waals surface area contributed by atoms with E-state index in [4.69, 9.17) is 9.47 Å². The van der Waals surface area contributed by atoms with Crippen molar-refractivity contribution in [2.24, 2.45) is 0 Å². The van der Waals surface area contributed by atoms with Crippen LogP contribution in [0.5, 0.6) is 5.75 Å². The highest BCUT2D eigenvalue weighted by atomic mass is 32.2. The molecular weight excluding hydrogens is 380 g/mol. The van der Waals surface area contributed by atoms with E-state index < -0.39 is 10.0 Å². The van der Waals surface area contributed by atoms with Crippen molar-refractivity contribution >= 4 is 10.0 Å². The first-order valence-electron chi connectivity index (χ1n) is 9.26. The highest BCUT2D eigenvalue weighted by molar-refractivity contribution is 7.89. The molecule has 0 radical (unpaired) electrons. The van der Waals surface area contributed by atoms with Gasteiger partial charge in [-0.3, -0.25) is 9.58 Å². The number of aromatic nitrogens is 2. The van der Waals surface area contributed by atoms with Crippen molar-refractivity contribution in [3.8, 4) is 5.75 Å². The van der Waals surface area contributed by atoms with Gasteiger partial charge in [0.25, 0.3) is 0 Å². The number of methoxy groups -OCH3 is 1. The number of ether oxygens (including phenoxy) is 2. The molecule has 0 saturated carbocycles. The lowest BCUT2D eigenvalue weighted by Crippen LogP contribution is -2.41. The summed E-state index contributed by atoms with van der Waals surface area (Å²) in [5.74, 6) is 0.822. The molecule has 0 N–H and O–H groups in total. The van der Waals surface area contributed by atoms with Crippen molar-refractivity contribution in [3.05, 3.63) is 41.2 Å². The van der Waals surface area contributed by atoms with Crippen molar-refractivity contribution in [3.63, 3.8) is 0 Å². The van der Waals surface area contributed by atoms with Gasteiger partial charge < -0.3 is 9.47 Å². The van der Waals surface area contributed by atoms with Crippen molar-refractivity contribution in [2.45, 2.75) is 32.0 Å². The second-order valence-corrected chi connectivity index (χ2v) is 8.89. The van der Waals surface area contributed by atoms with Gasteiger partial charge in [0.15, 0.2) is 0 Å². The first-order chi connectivity index (χ1) is 13.3. The smallest absolute Gasteiger partial charge is 0.246 e. The minimum atomic E-state index is -3.57. The number of aryl methyl sites for hydroxylation is 1. The van der Waals surface area contributed by atoms with Crippen LogP contribution < -0.4 is 4.74 Å². The Hall–Kier alpha value is -1.94. The van der Waals surface area contributed by atoms with E-state index in [0.29, 0.717) is 55.8 Å². The molecule has 1 aliphatic rings. The van der Waals surface area contributed by atoms with Crippen molar-refractivity contribution in [1.29, 1.82) is 0 Å². The first-order valence-corrected chi connectivity index (χ1v) is 10.7. The zero-order valence-electron chi connectivity index (χ0n) is 16.9. The molecule has 1 fully saturated rings. The molecule has 0 aliphatic carbocycles. The molecule has 1 aliphatic heterocycles. The third-order valence-corrected chi connectivity index (χ3v) is 7.02. The summed E-state index contributed by atoms with van der Waals surface area (Å²) in [5, 5.41) is 4.50. The maximum atomic E-state index is 13.1. The Kier molecular flexibility index (Phi) is 6.39. The van der Waals surface area contributed by atoms with Gasteiger partial charge in [-0.25, -0.2) is 8.42 Å². The van der Waals surface area contributed by atoms with Crippen molar-refractivity contribution in [1.82, 2.24) is 19.0 Å². The van der Waals surface area contributed by atoms with Crippen LogP contribution in [0.1, 0.15) is 17.0 Å². The van der Waals surface area contributed by atoms with E-state index in [1.807, 2.05) is 38.2 Å². The van der Waals surface area contributed by atoms with Gasteiger partial charge in [0.05, 0.1) is 38.4 Å². The third kappa shape index (κ3) is 4.38. The van der Waals surface area contributed by atoms with Crippen LogP contribution in [0.15, 0.2) is 29.2 Å². The summed E-state index contributed by atoms with van der Waals surface area (Å²) >= 11 is 0. The first kappa shape index (κ1) is 20.8. The van der Waals surface area contributed by atoms with E-state index in [1.165, 1.54) is 4.31 Å². The highest BCUT2D eigenvalue weighted by Gasteiger charge is 2.32. The Morgan fingerprint density at radius 3 is 2.43 bits per heavy atom. The lowest BCUT2D eigenvalue weighted by atomic mass is 10.2. The lowest BCUT2D eigenvalue weighted by Gasteiger charge is -2.26. The van der Waals surface area contributed by atoms with Gasteiger partial charge >= 0.3 is 0 Å². The largest absolute Gasteiger partial charge is 0.497 e. The van der Waals surface area contributed by atoms with Crippen LogP contribution >= 0.6 is 0 Å². The van der Waals surface area contributed by atoms with Crippen LogP contribution in [-0.4, -0.2) is 67.9 Å². The van der Waals surface area contributed by atoms with Crippen LogP contribution in [0.25, 0.3) is 0 Å². The highest BCUT2D eigenvalue weighted by Crippen LogP contribution is 2.24. The number of rotatable bonds is 7. The van der Waals surface area contributed by atoms with E-state index in [0.717, 1.165) is 11.3 Å². The molecule has 0 bridgehead atoms. The Balaban J connectivity index is 1.75. The number of hydrogen-bond acceptors (Lipinski definition) is 6. The Morgan fingerprint density at radius 1 is 1.18 bits per heavy atom. The van der Waals surface area contributed by atoms with Gasteiger partial charge in [-0.15, -0.1) is 0 Å². The molecule has 2 aromatic rings. The number of nitrogens with zero attached hydrogens (tertiary/aromatic N) is 4. The third-order valence-electron chi connectivity index (χ3n) is 4.87. The maximum Gasteiger partial charge on any atom is 0.246 e. The number of sulfonamides is 1. The molecule has 0 spiro atoms. The van der Waals surface area contributed by atoms with Crippen molar-refractivity contribution < 1.29 is 17.9 Å². The summed E-state index contributed by atoms with van der Waals surface area (Å²) < 4.78 is 39.8. The fraction of sp³-hybridized carbons (Fsp3) is 0.526. The lowest BCUT2D eigenvalue weighted by molar-refractivity contribution is 0.0730. The van der Waals surface area contributed by atoms with E-state index in [2.05, 4.69) is 10.00 Å². The standard InChI is InChI=1S/C19H28N4O4S/c1-15-19(28(24,25)22-9-11-27-12-10-22)16(2)23(20-15)14-21(3)13-17-5-7-18(26-4)8-6-17/h5-8H,9-14H2,1-4H3. The quantitative estimate of drug-likeness (QED) is 0.693. The Labute approximate surface area is 166 Å². The summed E-state index contributed by atoms with van der Waals surface area (Å²) in [6, 6.07) is 7.90. The molecule has 1 aromatic carbocycles. The van der Waals surface area contributed by atoms with Crippen LogP contribution in [0, 0.1) is 13.8 Å². The predicted molar refractivity (Wildman–Crippen MR) is 106 cm³/mol. The van der Waals surface area contributed by atoms with E-state index >= 15 is 0 Å². The normalized spacial score (nSPS) is 15.9. The summed E-state index contributed by atoms with van der Waals surface area (Å²) in [4.78, 5) is 2.40. The summed E-state index contributed by atoms with van der Waals surface area (Å²) in [7, 11) is 0.0610. The maximum absolute atomic E-state index is 13.1. The molecule has 8 nitrogen and oxygen atoms in total. The Morgan fingerprint density at radius 2 is 1.82 bits per heavy atom.